The first kappa shape index (κ1) is 26.1. The van der Waals surface area contributed by atoms with Gasteiger partial charge in [-0.2, -0.15) is 0 Å². The highest BCUT2D eigenvalue weighted by Gasteiger charge is 2.29. The van der Waals surface area contributed by atoms with Crippen LogP contribution in [0.25, 0.3) is 33.4 Å². The third-order valence-electron chi connectivity index (χ3n) is 8.92. The van der Waals surface area contributed by atoms with Crippen LogP contribution in [0.15, 0.2) is 144 Å². The third kappa shape index (κ3) is 4.65. The van der Waals surface area contributed by atoms with E-state index in [1.54, 1.807) is 0 Å². The zero-order valence-corrected chi connectivity index (χ0v) is 25.5. The lowest BCUT2D eigenvalue weighted by Gasteiger charge is -2.38. The Kier molecular flexibility index (Phi) is 6.61. The van der Waals surface area contributed by atoms with Gasteiger partial charge in [0.2, 0.25) is 0 Å². The van der Waals surface area contributed by atoms with Gasteiger partial charge in [-0.3, -0.25) is 0 Å². The summed E-state index contributed by atoms with van der Waals surface area (Å²) in [7, 11) is 0. The van der Waals surface area contributed by atoms with Gasteiger partial charge in [0.25, 0.3) is 0 Å². The topological polar surface area (TPSA) is 6.48 Å². The zero-order valence-electron chi connectivity index (χ0n) is 23.9. The Morgan fingerprint density at radius 1 is 0.442 bits per heavy atom. The van der Waals surface area contributed by atoms with Gasteiger partial charge >= 0.3 is 0 Å². The number of para-hydroxylation sites is 2. The van der Waals surface area contributed by atoms with Crippen molar-refractivity contribution in [2.75, 3.05) is 9.80 Å². The first-order valence-corrected chi connectivity index (χ1v) is 15.7. The molecule has 0 N–H and O–H groups in total. The highest BCUT2D eigenvalue weighted by atomic mass is 79.9. The van der Waals surface area contributed by atoms with Crippen molar-refractivity contribution in [1.82, 2.24) is 0 Å². The van der Waals surface area contributed by atoms with Gasteiger partial charge in [0, 0.05) is 53.0 Å². The summed E-state index contributed by atoms with van der Waals surface area (Å²) in [6.07, 6.45) is 0. The van der Waals surface area contributed by atoms with Crippen molar-refractivity contribution in [2.45, 2.75) is 26.2 Å². The summed E-state index contributed by atoms with van der Waals surface area (Å²) in [6, 6.07) is 50.2. The molecule has 208 valence electrons. The Bertz CT molecular complexity index is 1910. The van der Waals surface area contributed by atoms with Crippen LogP contribution in [-0.4, -0.2) is 0 Å². The second-order valence-electron chi connectivity index (χ2n) is 11.5. The first-order valence-electron chi connectivity index (χ1n) is 14.9. The molecular weight excluding hydrogens is 588 g/mol. The fourth-order valence-corrected chi connectivity index (χ4v) is 7.36. The second-order valence-corrected chi connectivity index (χ2v) is 12.3. The lowest BCUT2D eigenvalue weighted by molar-refractivity contribution is 0.785. The molecule has 43 heavy (non-hydrogen) atoms. The van der Waals surface area contributed by atoms with Crippen molar-refractivity contribution in [3.8, 4) is 33.4 Å². The molecule has 6 aromatic carbocycles. The molecule has 0 bridgehead atoms. The van der Waals surface area contributed by atoms with Crippen molar-refractivity contribution < 1.29 is 0 Å². The Balaban J connectivity index is 0.000000129. The van der Waals surface area contributed by atoms with E-state index in [9.17, 15) is 0 Å². The summed E-state index contributed by atoms with van der Waals surface area (Å²) in [6.45, 7) is 3.88. The molecular formula is C40H31BrN2. The molecule has 0 saturated heterocycles. The highest BCUT2D eigenvalue weighted by molar-refractivity contribution is 9.10. The lowest BCUT2D eigenvalue weighted by atomic mass is 9.85. The molecule has 0 amide bonds. The molecule has 0 fully saturated rings. The summed E-state index contributed by atoms with van der Waals surface area (Å²) in [5.74, 6) is 0. The van der Waals surface area contributed by atoms with Gasteiger partial charge in [-0.05, 0) is 51.1 Å². The number of halogens is 1. The summed E-state index contributed by atoms with van der Waals surface area (Å²) in [4.78, 5) is 4.98. The Morgan fingerprint density at radius 2 is 0.907 bits per heavy atom. The summed E-state index contributed by atoms with van der Waals surface area (Å²) in [5.41, 5.74) is 16.5. The molecule has 3 aliphatic rings. The van der Waals surface area contributed by atoms with Gasteiger partial charge < -0.3 is 9.80 Å². The van der Waals surface area contributed by atoms with E-state index in [1.165, 1.54) is 71.5 Å². The predicted octanol–water partition coefficient (Wildman–Crippen LogP) is 10.5. The minimum atomic E-state index is 0.909. The van der Waals surface area contributed by atoms with Crippen LogP contribution in [0.4, 0.5) is 11.4 Å². The molecule has 0 saturated carbocycles. The van der Waals surface area contributed by atoms with E-state index in [2.05, 4.69) is 165 Å². The van der Waals surface area contributed by atoms with E-state index in [-0.39, 0.29) is 0 Å². The molecule has 3 heterocycles. The quantitative estimate of drug-likeness (QED) is 0.190. The van der Waals surface area contributed by atoms with Crippen LogP contribution in [0.2, 0.25) is 0 Å². The minimum absolute atomic E-state index is 0.909. The third-order valence-corrected chi connectivity index (χ3v) is 9.70. The van der Waals surface area contributed by atoms with Gasteiger partial charge in [-0.1, -0.05) is 143 Å². The van der Waals surface area contributed by atoms with Gasteiger partial charge in [0.15, 0.2) is 0 Å². The van der Waals surface area contributed by atoms with Crippen molar-refractivity contribution in [3.05, 3.63) is 166 Å². The van der Waals surface area contributed by atoms with Crippen molar-refractivity contribution in [1.29, 1.82) is 0 Å². The summed E-state index contributed by atoms with van der Waals surface area (Å²) < 4.78 is 1.17. The van der Waals surface area contributed by atoms with E-state index in [0.717, 1.165) is 26.2 Å². The summed E-state index contributed by atoms with van der Waals surface area (Å²) in [5, 5.41) is 0. The van der Waals surface area contributed by atoms with Crippen LogP contribution in [0.3, 0.4) is 0 Å². The molecule has 9 rings (SSSR count). The lowest BCUT2D eigenvalue weighted by Crippen LogP contribution is -2.29. The zero-order chi connectivity index (χ0) is 28.8. The fourth-order valence-electron chi connectivity index (χ4n) is 6.95. The van der Waals surface area contributed by atoms with Crippen molar-refractivity contribution in [3.63, 3.8) is 0 Å². The minimum Gasteiger partial charge on any atom is -0.362 e. The normalized spacial score (nSPS) is 13.4. The van der Waals surface area contributed by atoms with Crippen LogP contribution in [0, 0.1) is 0 Å². The largest absolute Gasteiger partial charge is 0.362 e. The molecule has 0 spiro atoms. The molecule has 0 aromatic heterocycles. The maximum Gasteiger partial charge on any atom is 0.0531 e. The van der Waals surface area contributed by atoms with Gasteiger partial charge in [0.1, 0.15) is 0 Å². The van der Waals surface area contributed by atoms with Crippen LogP contribution in [0.5, 0.6) is 0 Å². The Labute approximate surface area is 262 Å². The molecule has 3 aliphatic heterocycles. The molecule has 0 unspecified atom stereocenters. The first-order chi connectivity index (χ1) is 21.2. The molecule has 3 heteroatoms. The highest BCUT2D eigenvalue weighted by Crippen LogP contribution is 2.48. The monoisotopic (exact) mass is 618 g/mol. The average Bonchev–Trinajstić information content (AvgIpc) is 3.06. The SMILES string of the molecule is Brc1ccccc1CN1Cc2ccccc2-c2ccccc21.c1ccc2c(c1)CN1Cc3ccccc3-c3cccc-2c31. The Hall–Kier alpha value is -4.60. The van der Waals surface area contributed by atoms with E-state index < -0.39 is 0 Å². The number of benzene rings is 6. The standard InChI is InChI=1S/C20H16BrN.C20H15N/c21-19-11-5-2-8-16(19)14-22-13-15-7-1-3-9-17(15)18-10-4-6-12-20(18)22;1-3-8-16-14(6-1)12-21-13-15-7-2-4-9-17(15)19-11-5-10-18(16)20(19)21/h1-12H,13-14H2;1-11H,12-13H2. The second kappa shape index (κ2) is 10.9. The number of hydrogen-bond donors (Lipinski definition) is 0. The fraction of sp³-hybridized carbons (Fsp3) is 0.100. The number of hydrogen-bond acceptors (Lipinski definition) is 2. The molecule has 0 aliphatic carbocycles. The Morgan fingerprint density at radius 3 is 1.53 bits per heavy atom. The smallest absolute Gasteiger partial charge is 0.0531 e. The van der Waals surface area contributed by atoms with E-state index >= 15 is 0 Å². The summed E-state index contributed by atoms with van der Waals surface area (Å²) >= 11 is 3.67. The van der Waals surface area contributed by atoms with E-state index in [0.29, 0.717) is 0 Å². The van der Waals surface area contributed by atoms with Crippen molar-refractivity contribution in [2.24, 2.45) is 0 Å². The van der Waals surface area contributed by atoms with Gasteiger partial charge in [-0.25, -0.2) is 0 Å². The average molecular weight is 620 g/mol. The van der Waals surface area contributed by atoms with Gasteiger partial charge in [0.05, 0.1) is 5.69 Å². The van der Waals surface area contributed by atoms with Crippen molar-refractivity contribution >= 4 is 27.3 Å². The van der Waals surface area contributed by atoms with Crippen LogP contribution < -0.4 is 9.80 Å². The number of nitrogens with zero attached hydrogens (tertiary/aromatic N) is 2. The van der Waals surface area contributed by atoms with E-state index in [4.69, 9.17) is 0 Å². The number of fused-ring (bicyclic) bond motifs is 7. The van der Waals surface area contributed by atoms with Crippen LogP contribution in [0.1, 0.15) is 22.3 Å². The maximum absolute atomic E-state index is 3.67. The molecule has 2 nitrogen and oxygen atoms in total. The van der Waals surface area contributed by atoms with Crippen LogP contribution >= 0.6 is 15.9 Å². The maximum atomic E-state index is 3.67. The molecule has 0 atom stereocenters. The molecule has 6 aromatic rings. The van der Waals surface area contributed by atoms with Gasteiger partial charge in [-0.15, -0.1) is 0 Å². The van der Waals surface area contributed by atoms with Crippen LogP contribution in [-0.2, 0) is 26.2 Å². The van der Waals surface area contributed by atoms with E-state index in [1.807, 2.05) is 0 Å². The number of anilines is 2. The predicted molar refractivity (Wildman–Crippen MR) is 183 cm³/mol. The molecule has 0 radical (unpaired) electrons. The number of rotatable bonds is 2.